The monoisotopic (exact) mass is 486 g/mol. The second kappa shape index (κ2) is 8.80. The highest BCUT2D eigenvalue weighted by molar-refractivity contribution is 5.84. The van der Waals surface area contributed by atoms with E-state index >= 15 is 0 Å². The van der Waals surface area contributed by atoms with E-state index in [2.05, 4.69) is 135 Å². The maximum atomic E-state index is 2.69. The average molecular weight is 487 g/mol. The Morgan fingerprint density at radius 3 is 1.95 bits per heavy atom. The van der Waals surface area contributed by atoms with E-state index in [1.807, 2.05) is 0 Å². The van der Waals surface area contributed by atoms with Gasteiger partial charge in [0.15, 0.2) is 0 Å². The summed E-state index contributed by atoms with van der Waals surface area (Å²) in [6, 6.07) is 33.8. The number of nitrogens with zero attached hydrogens (tertiary/aromatic N) is 2. The number of anilines is 5. The zero-order valence-corrected chi connectivity index (χ0v) is 22.9. The van der Waals surface area contributed by atoms with Crippen molar-refractivity contribution in [3.8, 4) is 0 Å². The number of rotatable bonds is 4. The minimum atomic E-state index is 0.0517. The van der Waals surface area contributed by atoms with Crippen LogP contribution in [0.2, 0.25) is 0 Å². The van der Waals surface area contributed by atoms with Crippen molar-refractivity contribution < 1.29 is 0 Å². The SMILES string of the molecule is Cc1cc(N(c2ccccc2C)c2ccccc2C)cc(N2c3ccccc3C3(C)CCCCC23C)c1. The van der Waals surface area contributed by atoms with Gasteiger partial charge >= 0.3 is 0 Å². The molecule has 0 spiro atoms. The molecule has 0 N–H and O–H groups in total. The molecule has 0 radical (unpaired) electrons. The summed E-state index contributed by atoms with van der Waals surface area (Å²) in [5.41, 5.74) is 11.9. The van der Waals surface area contributed by atoms with E-state index in [0.29, 0.717) is 0 Å². The van der Waals surface area contributed by atoms with E-state index in [4.69, 9.17) is 0 Å². The van der Waals surface area contributed by atoms with E-state index in [-0.39, 0.29) is 11.0 Å². The number of hydrogen-bond donors (Lipinski definition) is 0. The molecule has 6 rings (SSSR count). The number of hydrogen-bond acceptors (Lipinski definition) is 2. The Kier molecular flexibility index (Phi) is 5.67. The Bertz CT molecular complexity index is 1420. The van der Waals surface area contributed by atoms with Gasteiger partial charge in [-0.1, -0.05) is 74.4 Å². The molecule has 2 aliphatic rings. The first-order chi connectivity index (χ1) is 17.8. The molecule has 0 saturated heterocycles. The molecule has 0 bridgehead atoms. The second-order valence-corrected chi connectivity index (χ2v) is 11.6. The lowest BCUT2D eigenvalue weighted by Crippen LogP contribution is -2.54. The van der Waals surface area contributed by atoms with Crippen LogP contribution in [0, 0.1) is 20.8 Å². The van der Waals surface area contributed by atoms with Gasteiger partial charge in [0.25, 0.3) is 0 Å². The van der Waals surface area contributed by atoms with Gasteiger partial charge < -0.3 is 9.80 Å². The highest BCUT2D eigenvalue weighted by Crippen LogP contribution is 2.61. The van der Waals surface area contributed by atoms with Crippen LogP contribution in [-0.4, -0.2) is 5.54 Å². The third-order valence-electron chi connectivity index (χ3n) is 9.29. The van der Waals surface area contributed by atoms with E-state index in [1.165, 1.54) is 76.4 Å². The summed E-state index contributed by atoms with van der Waals surface area (Å²) in [6.45, 7) is 11.7. The number of para-hydroxylation sites is 3. The smallest absolute Gasteiger partial charge is 0.0517 e. The predicted octanol–water partition coefficient (Wildman–Crippen LogP) is 9.82. The minimum Gasteiger partial charge on any atom is -0.334 e. The summed E-state index contributed by atoms with van der Waals surface area (Å²) >= 11 is 0. The molecule has 1 aliphatic heterocycles. The summed E-state index contributed by atoms with van der Waals surface area (Å²) < 4.78 is 0. The standard InChI is InChI=1S/C35H38N2/c1-25-22-28(36(31-17-9-6-14-26(31)2)32-18-10-7-15-27(32)3)24-29(23-25)37-33-19-11-8-16-30(33)34(4)20-12-13-21-35(34,37)5/h6-11,14-19,22-24H,12-13,20-21H2,1-5H3. The van der Waals surface area contributed by atoms with Crippen molar-refractivity contribution in [1.82, 2.24) is 0 Å². The van der Waals surface area contributed by atoms with Crippen LogP contribution in [0.4, 0.5) is 28.4 Å². The molecule has 2 nitrogen and oxygen atoms in total. The van der Waals surface area contributed by atoms with Gasteiger partial charge in [-0.3, -0.25) is 0 Å². The Balaban J connectivity index is 1.57. The molecular weight excluding hydrogens is 448 g/mol. The fraction of sp³-hybridized carbons (Fsp3) is 0.314. The van der Waals surface area contributed by atoms with Crippen LogP contribution in [0.3, 0.4) is 0 Å². The summed E-state index contributed by atoms with van der Waals surface area (Å²) in [5.74, 6) is 0. The van der Waals surface area contributed by atoms with Gasteiger partial charge in [0, 0.05) is 33.9 Å². The van der Waals surface area contributed by atoms with Crippen molar-refractivity contribution in [3.63, 3.8) is 0 Å². The molecular formula is C35H38N2. The second-order valence-electron chi connectivity index (χ2n) is 11.6. The van der Waals surface area contributed by atoms with E-state index < -0.39 is 0 Å². The van der Waals surface area contributed by atoms with Crippen molar-refractivity contribution in [2.24, 2.45) is 0 Å². The lowest BCUT2D eigenvalue weighted by atomic mass is 9.61. The van der Waals surface area contributed by atoms with Crippen molar-refractivity contribution in [2.45, 2.75) is 71.3 Å². The van der Waals surface area contributed by atoms with E-state index in [9.17, 15) is 0 Å². The van der Waals surface area contributed by atoms with Crippen molar-refractivity contribution in [2.75, 3.05) is 9.80 Å². The molecule has 37 heavy (non-hydrogen) atoms. The fourth-order valence-electron chi connectivity index (χ4n) is 7.14. The van der Waals surface area contributed by atoms with Crippen LogP contribution < -0.4 is 9.80 Å². The molecule has 1 heterocycles. The maximum absolute atomic E-state index is 2.69. The normalized spacial score (nSPS) is 22.5. The fourth-order valence-corrected chi connectivity index (χ4v) is 7.14. The van der Waals surface area contributed by atoms with Gasteiger partial charge in [0.1, 0.15) is 0 Å². The van der Waals surface area contributed by atoms with Gasteiger partial charge in [0.2, 0.25) is 0 Å². The summed E-state index contributed by atoms with van der Waals surface area (Å²) in [6.07, 6.45) is 5.05. The van der Waals surface area contributed by atoms with E-state index in [1.54, 1.807) is 0 Å². The molecule has 2 atom stereocenters. The molecule has 1 aliphatic carbocycles. The van der Waals surface area contributed by atoms with Crippen molar-refractivity contribution >= 4 is 28.4 Å². The van der Waals surface area contributed by atoms with Crippen LogP contribution in [0.1, 0.15) is 61.8 Å². The highest BCUT2D eigenvalue weighted by Gasteiger charge is 2.57. The molecule has 4 aromatic carbocycles. The molecule has 1 fully saturated rings. The Morgan fingerprint density at radius 1 is 0.676 bits per heavy atom. The average Bonchev–Trinajstić information content (AvgIpc) is 3.10. The van der Waals surface area contributed by atoms with Crippen LogP contribution in [0.25, 0.3) is 0 Å². The largest absolute Gasteiger partial charge is 0.334 e. The zero-order valence-electron chi connectivity index (χ0n) is 22.9. The molecule has 0 aromatic heterocycles. The van der Waals surface area contributed by atoms with Crippen LogP contribution in [0.5, 0.6) is 0 Å². The Hall–Kier alpha value is -3.52. The van der Waals surface area contributed by atoms with Gasteiger partial charge in [-0.15, -0.1) is 0 Å². The van der Waals surface area contributed by atoms with Crippen LogP contribution in [0.15, 0.2) is 91.0 Å². The van der Waals surface area contributed by atoms with Crippen molar-refractivity contribution in [3.05, 3.63) is 113 Å². The first-order valence-corrected chi connectivity index (χ1v) is 13.8. The number of benzene rings is 4. The van der Waals surface area contributed by atoms with Gasteiger partial charge in [-0.25, -0.2) is 0 Å². The van der Waals surface area contributed by atoms with Gasteiger partial charge in [-0.05, 0) is 99.2 Å². The summed E-state index contributed by atoms with van der Waals surface area (Å²) in [7, 11) is 0. The lowest BCUT2D eigenvalue weighted by molar-refractivity contribution is 0.195. The quantitative estimate of drug-likeness (QED) is 0.283. The molecule has 1 saturated carbocycles. The Labute approximate surface area is 222 Å². The maximum Gasteiger partial charge on any atom is 0.0517 e. The van der Waals surface area contributed by atoms with Gasteiger partial charge in [-0.2, -0.15) is 0 Å². The third kappa shape index (κ3) is 3.61. The van der Waals surface area contributed by atoms with Crippen molar-refractivity contribution in [1.29, 1.82) is 0 Å². The molecule has 2 unspecified atom stereocenters. The number of fused-ring (bicyclic) bond motifs is 3. The molecule has 2 heteroatoms. The third-order valence-corrected chi connectivity index (χ3v) is 9.29. The van der Waals surface area contributed by atoms with Crippen LogP contribution in [-0.2, 0) is 5.41 Å². The topological polar surface area (TPSA) is 6.48 Å². The molecule has 188 valence electrons. The number of aryl methyl sites for hydroxylation is 3. The predicted molar refractivity (Wildman–Crippen MR) is 158 cm³/mol. The molecule has 4 aromatic rings. The minimum absolute atomic E-state index is 0.0517. The first-order valence-electron chi connectivity index (χ1n) is 13.8. The first kappa shape index (κ1) is 23.9. The lowest BCUT2D eigenvalue weighted by Gasteiger charge is -2.50. The van der Waals surface area contributed by atoms with Crippen LogP contribution >= 0.6 is 0 Å². The van der Waals surface area contributed by atoms with Gasteiger partial charge in [0.05, 0.1) is 5.54 Å². The summed E-state index contributed by atoms with van der Waals surface area (Å²) in [5, 5.41) is 0. The summed E-state index contributed by atoms with van der Waals surface area (Å²) in [4.78, 5) is 5.14. The van der Waals surface area contributed by atoms with E-state index in [0.717, 1.165) is 0 Å². The highest BCUT2D eigenvalue weighted by atomic mass is 15.3. The Morgan fingerprint density at radius 2 is 1.27 bits per heavy atom. The zero-order chi connectivity index (χ0) is 25.8. The molecule has 0 amide bonds.